The largest absolute Gasteiger partial charge is 0.352 e. The summed E-state index contributed by atoms with van der Waals surface area (Å²) < 4.78 is 29.2. The third-order valence-electron chi connectivity index (χ3n) is 7.48. The number of rotatable bonds is 13. The van der Waals surface area contributed by atoms with Crippen molar-refractivity contribution in [2.75, 3.05) is 10.8 Å². The number of benzene rings is 4. The van der Waals surface area contributed by atoms with Crippen LogP contribution in [0.25, 0.3) is 0 Å². The summed E-state index contributed by atoms with van der Waals surface area (Å²) in [6.07, 6.45) is 0.944. The number of halogens is 2. The Labute approximate surface area is 275 Å². The van der Waals surface area contributed by atoms with Gasteiger partial charge in [-0.1, -0.05) is 96.4 Å². The molecule has 0 unspecified atom stereocenters. The second-order valence-corrected chi connectivity index (χ2v) is 13.7. The number of amides is 2. The van der Waals surface area contributed by atoms with Crippen LogP contribution in [0.15, 0.2) is 108 Å². The van der Waals surface area contributed by atoms with Crippen molar-refractivity contribution in [1.82, 2.24) is 10.2 Å². The minimum Gasteiger partial charge on any atom is -0.352 e. The molecule has 0 heterocycles. The lowest BCUT2D eigenvalue weighted by Crippen LogP contribution is -2.54. The van der Waals surface area contributed by atoms with E-state index in [2.05, 4.69) is 5.32 Å². The molecule has 4 aromatic carbocycles. The molecule has 0 spiro atoms. The Hall–Kier alpha value is -3.85. The van der Waals surface area contributed by atoms with Crippen LogP contribution in [0.1, 0.15) is 37.0 Å². The molecule has 0 bridgehead atoms. The first-order valence-electron chi connectivity index (χ1n) is 14.7. The topological polar surface area (TPSA) is 86.8 Å². The summed E-state index contributed by atoms with van der Waals surface area (Å²) in [6.45, 7) is 5.35. The molecule has 10 heteroatoms. The van der Waals surface area contributed by atoms with Gasteiger partial charge in [0, 0.05) is 29.1 Å². The van der Waals surface area contributed by atoms with E-state index in [9.17, 15) is 18.0 Å². The molecule has 2 amide bonds. The van der Waals surface area contributed by atoms with Crippen molar-refractivity contribution in [2.24, 2.45) is 0 Å². The predicted octanol–water partition coefficient (Wildman–Crippen LogP) is 7.05. The molecular weight excluding hydrogens is 629 g/mol. The van der Waals surface area contributed by atoms with Gasteiger partial charge in [-0.25, -0.2) is 8.42 Å². The molecule has 4 aromatic rings. The molecule has 236 valence electrons. The molecule has 0 saturated carbocycles. The van der Waals surface area contributed by atoms with Crippen LogP contribution in [0.5, 0.6) is 0 Å². The monoisotopic (exact) mass is 665 g/mol. The maximum Gasteiger partial charge on any atom is 0.264 e. The lowest BCUT2D eigenvalue weighted by molar-refractivity contribution is -0.140. The average Bonchev–Trinajstić information content (AvgIpc) is 3.02. The lowest BCUT2D eigenvalue weighted by Gasteiger charge is -2.34. The Morgan fingerprint density at radius 2 is 1.49 bits per heavy atom. The summed E-state index contributed by atoms with van der Waals surface area (Å²) in [6, 6.07) is 28.1. The van der Waals surface area contributed by atoms with Gasteiger partial charge in [0.05, 0.1) is 10.6 Å². The minimum absolute atomic E-state index is 0.0414. The van der Waals surface area contributed by atoms with Crippen molar-refractivity contribution in [1.29, 1.82) is 0 Å². The van der Waals surface area contributed by atoms with E-state index < -0.39 is 28.5 Å². The quantitative estimate of drug-likeness (QED) is 0.166. The first-order chi connectivity index (χ1) is 21.5. The molecule has 0 saturated heterocycles. The van der Waals surface area contributed by atoms with Crippen molar-refractivity contribution < 1.29 is 18.0 Å². The number of nitrogens with zero attached hydrogens (tertiary/aromatic N) is 2. The second-order valence-electron chi connectivity index (χ2n) is 11.0. The SMILES string of the molecule is CC[C@H](C)NC(=O)[C@@H](Cc1ccccc1)N(Cc1cccc(C)c1)C(=O)CN(c1cccc(Cl)c1)S(=O)(=O)c1ccc(Cl)cc1. The Morgan fingerprint density at radius 3 is 2.13 bits per heavy atom. The normalized spacial score (nSPS) is 12.6. The zero-order valence-corrected chi connectivity index (χ0v) is 27.8. The van der Waals surface area contributed by atoms with Gasteiger partial charge in [0.1, 0.15) is 12.6 Å². The van der Waals surface area contributed by atoms with Crippen molar-refractivity contribution in [3.63, 3.8) is 0 Å². The molecule has 0 aliphatic heterocycles. The standard InChI is InChI=1S/C35H37Cl2N3O4S/c1-4-26(3)38-35(42)33(21-27-11-6-5-7-12-27)39(23-28-13-8-10-25(2)20-28)34(41)24-40(31-15-9-14-30(37)22-31)45(43,44)32-18-16-29(36)17-19-32/h5-20,22,26,33H,4,21,23-24H2,1-3H3,(H,38,42)/t26-,33+/m0/s1. The van der Waals surface area contributed by atoms with Gasteiger partial charge in [0.25, 0.3) is 10.0 Å². The van der Waals surface area contributed by atoms with E-state index in [0.29, 0.717) is 16.5 Å². The highest BCUT2D eigenvalue weighted by Crippen LogP contribution is 2.28. The fourth-order valence-corrected chi connectivity index (χ4v) is 6.61. The Morgan fingerprint density at radius 1 is 0.822 bits per heavy atom. The smallest absolute Gasteiger partial charge is 0.264 e. The highest BCUT2D eigenvalue weighted by molar-refractivity contribution is 7.92. The number of nitrogens with one attached hydrogen (secondary N) is 1. The molecule has 1 N–H and O–H groups in total. The van der Waals surface area contributed by atoms with E-state index in [1.54, 1.807) is 18.2 Å². The van der Waals surface area contributed by atoms with Crippen LogP contribution in [0.4, 0.5) is 5.69 Å². The first kappa shape index (κ1) is 34.0. The summed E-state index contributed by atoms with van der Waals surface area (Å²) in [7, 11) is -4.26. The zero-order valence-electron chi connectivity index (χ0n) is 25.5. The van der Waals surface area contributed by atoms with Gasteiger partial charge in [0.15, 0.2) is 0 Å². The molecule has 7 nitrogen and oxygen atoms in total. The van der Waals surface area contributed by atoms with Crippen LogP contribution in [0.3, 0.4) is 0 Å². The molecule has 0 aromatic heterocycles. The fraction of sp³-hybridized carbons (Fsp3) is 0.257. The molecule has 2 atom stereocenters. The van der Waals surface area contributed by atoms with Gasteiger partial charge < -0.3 is 10.2 Å². The van der Waals surface area contributed by atoms with Crippen LogP contribution in [0, 0.1) is 6.92 Å². The van der Waals surface area contributed by atoms with E-state index >= 15 is 0 Å². The minimum atomic E-state index is -4.26. The maximum absolute atomic E-state index is 14.5. The summed E-state index contributed by atoms with van der Waals surface area (Å²) in [5.74, 6) is -0.863. The van der Waals surface area contributed by atoms with Gasteiger partial charge in [-0.2, -0.15) is 0 Å². The molecule has 0 fully saturated rings. The van der Waals surface area contributed by atoms with Crippen LogP contribution >= 0.6 is 23.2 Å². The van der Waals surface area contributed by atoms with Gasteiger partial charge in [-0.05, 0) is 73.9 Å². The number of hydrogen-bond donors (Lipinski definition) is 1. The van der Waals surface area contributed by atoms with Gasteiger partial charge in [-0.3, -0.25) is 13.9 Å². The summed E-state index contributed by atoms with van der Waals surface area (Å²) in [4.78, 5) is 29.9. The van der Waals surface area contributed by atoms with Crippen LogP contribution in [-0.2, 0) is 32.6 Å². The van der Waals surface area contributed by atoms with Crippen LogP contribution in [0.2, 0.25) is 10.0 Å². The Bertz CT molecular complexity index is 1720. The van der Waals surface area contributed by atoms with Crippen LogP contribution < -0.4 is 9.62 Å². The van der Waals surface area contributed by atoms with Crippen LogP contribution in [-0.4, -0.2) is 43.8 Å². The molecule has 45 heavy (non-hydrogen) atoms. The number of aryl methyl sites for hydroxylation is 1. The molecule has 0 radical (unpaired) electrons. The Balaban J connectivity index is 1.81. The molecule has 4 rings (SSSR count). The Kier molecular flexibility index (Phi) is 11.7. The molecular formula is C35H37Cl2N3O4S. The fourth-order valence-electron chi connectivity index (χ4n) is 4.90. The van der Waals surface area contributed by atoms with Gasteiger partial charge >= 0.3 is 0 Å². The number of carbonyl (C=O) groups is 2. The zero-order chi connectivity index (χ0) is 32.6. The predicted molar refractivity (Wildman–Crippen MR) is 181 cm³/mol. The van der Waals surface area contributed by atoms with Gasteiger partial charge in [0.2, 0.25) is 11.8 Å². The van der Waals surface area contributed by atoms with E-state index in [4.69, 9.17) is 23.2 Å². The number of carbonyl (C=O) groups excluding carboxylic acids is 2. The van der Waals surface area contributed by atoms with E-state index in [1.807, 2.05) is 75.4 Å². The van der Waals surface area contributed by atoms with E-state index in [-0.39, 0.29) is 35.5 Å². The number of anilines is 1. The van der Waals surface area contributed by atoms with Crippen molar-refractivity contribution in [2.45, 2.75) is 57.1 Å². The summed E-state index contributed by atoms with van der Waals surface area (Å²) in [5, 5.41) is 3.72. The van der Waals surface area contributed by atoms with Crippen molar-refractivity contribution in [3.05, 3.63) is 130 Å². The average molecular weight is 667 g/mol. The summed E-state index contributed by atoms with van der Waals surface area (Å²) >= 11 is 12.3. The summed E-state index contributed by atoms with van der Waals surface area (Å²) in [5.41, 5.74) is 2.89. The van der Waals surface area contributed by atoms with E-state index in [0.717, 1.165) is 21.0 Å². The second kappa shape index (κ2) is 15.4. The first-order valence-corrected chi connectivity index (χ1v) is 16.9. The third-order valence-corrected chi connectivity index (χ3v) is 9.76. The highest BCUT2D eigenvalue weighted by Gasteiger charge is 2.35. The van der Waals surface area contributed by atoms with Gasteiger partial charge in [-0.15, -0.1) is 0 Å². The van der Waals surface area contributed by atoms with Crippen molar-refractivity contribution >= 4 is 50.7 Å². The van der Waals surface area contributed by atoms with Crippen molar-refractivity contribution in [3.8, 4) is 0 Å². The maximum atomic E-state index is 14.5. The van der Waals surface area contributed by atoms with E-state index in [1.165, 1.54) is 35.2 Å². The molecule has 0 aliphatic carbocycles. The highest BCUT2D eigenvalue weighted by atomic mass is 35.5. The lowest BCUT2D eigenvalue weighted by atomic mass is 10.0. The molecule has 0 aliphatic rings. The number of hydrogen-bond acceptors (Lipinski definition) is 4. The number of sulfonamides is 1. The third kappa shape index (κ3) is 9.10.